The molecule has 0 unspecified atom stereocenters. The molecule has 0 radical (unpaired) electrons. The van der Waals surface area contributed by atoms with E-state index in [9.17, 15) is 22.0 Å². The van der Waals surface area contributed by atoms with Gasteiger partial charge in [-0.15, -0.1) is 0 Å². The van der Waals surface area contributed by atoms with Gasteiger partial charge in [0.1, 0.15) is 0 Å². The zero-order valence-corrected chi connectivity index (χ0v) is 11.9. The van der Waals surface area contributed by atoms with Crippen molar-refractivity contribution in [3.05, 3.63) is 34.6 Å². The summed E-state index contributed by atoms with van der Waals surface area (Å²) in [5.74, 6) is -9.24. The van der Waals surface area contributed by atoms with Crippen LogP contribution in [0.2, 0.25) is 0 Å². The van der Waals surface area contributed by atoms with E-state index < -0.39 is 40.7 Å². The van der Waals surface area contributed by atoms with E-state index in [-0.39, 0.29) is 5.92 Å². The number of hydrogen-bond acceptors (Lipinski definition) is 2. The summed E-state index contributed by atoms with van der Waals surface area (Å²) in [6.45, 7) is 2.33. The summed E-state index contributed by atoms with van der Waals surface area (Å²) >= 11 is 0. The van der Waals surface area contributed by atoms with Crippen molar-refractivity contribution < 1.29 is 22.0 Å². The average Bonchev–Trinajstić information content (AvgIpc) is 2.49. The number of nitrogens with zero attached hydrogens (tertiary/aromatic N) is 1. The first kappa shape index (κ1) is 15.7. The van der Waals surface area contributed by atoms with Crippen molar-refractivity contribution in [2.24, 2.45) is 5.92 Å². The Bertz CT molecular complexity index is 539. The van der Waals surface area contributed by atoms with E-state index >= 15 is 0 Å². The lowest BCUT2D eigenvalue weighted by Crippen LogP contribution is -2.48. The van der Waals surface area contributed by atoms with Crippen molar-refractivity contribution in [1.29, 1.82) is 0 Å². The zero-order chi connectivity index (χ0) is 15.9. The number of benzene rings is 1. The van der Waals surface area contributed by atoms with Crippen LogP contribution in [0.3, 0.4) is 0 Å². The Labute approximate surface area is 125 Å². The van der Waals surface area contributed by atoms with Crippen LogP contribution in [0.1, 0.15) is 30.9 Å². The summed E-state index contributed by atoms with van der Waals surface area (Å²) in [5.41, 5.74) is -0.664. The van der Waals surface area contributed by atoms with Crippen LogP contribution in [0.15, 0.2) is 0 Å². The van der Waals surface area contributed by atoms with Gasteiger partial charge in [-0.2, -0.15) is 0 Å². The van der Waals surface area contributed by atoms with Crippen LogP contribution in [0.4, 0.5) is 22.0 Å². The molecule has 7 heteroatoms. The standard InChI is InChI=1S/C15H17F5N2/c16-10-9(11(17)13(19)14(20)12(10)18)15(8-2-1-3-8)22-6-4-21-5-7-22/h8,15,21H,1-7H2/t15-/m1/s1. The van der Waals surface area contributed by atoms with Crippen LogP contribution in [0, 0.1) is 35.0 Å². The quantitative estimate of drug-likeness (QED) is 0.523. The minimum atomic E-state index is -2.09. The van der Waals surface area contributed by atoms with Gasteiger partial charge in [0.25, 0.3) is 0 Å². The van der Waals surface area contributed by atoms with Crippen LogP contribution < -0.4 is 5.32 Å². The van der Waals surface area contributed by atoms with Gasteiger partial charge in [0.05, 0.1) is 0 Å². The highest BCUT2D eigenvalue weighted by Crippen LogP contribution is 2.44. The third-order valence-electron chi connectivity index (χ3n) is 4.68. The second kappa shape index (κ2) is 6.12. The third kappa shape index (κ3) is 2.50. The minimum absolute atomic E-state index is 0.0636. The van der Waals surface area contributed by atoms with Gasteiger partial charge in [0.2, 0.25) is 5.82 Å². The van der Waals surface area contributed by atoms with E-state index in [1.807, 2.05) is 4.90 Å². The monoisotopic (exact) mass is 320 g/mol. The number of halogens is 5. The van der Waals surface area contributed by atoms with E-state index in [2.05, 4.69) is 5.32 Å². The fourth-order valence-electron chi connectivity index (χ4n) is 3.31. The molecule has 2 nitrogen and oxygen atoms in total. The summed E-state index contributed by atoms with van der Waals surface area (Å²) in [6.07, 6.45) is 2.41. The number of rotatable bonds is 3. The lowest BCUT2D eigenvalue weighted by Gasteiger charge is -2.43. The van der Waals surface area contributed by atoms with Crippen molar-refractivity contribution in [2.45, 2.75) is 25.3 Å². The molecule has 1 aromatic carbocycles. The average molecular weight is 320 g/mol. The Kier molecular flexibility index (Phi) is 4.36. The van der Waals surface area contributed by atoms with E-state index in [4.69, 9.17) is 0 Å². The summed E-state index contributed by atoms with van der Waals surface area (Å²) in [6, 6.07) is -0.750. The molecule has 1 N–H and O–H groups in total. The third-order valence-corrected chi connectivity index (χ3v) is 4.68. The van der Waals surface area contributed by atoms with Crippen molar-refractivity contribution >= 4 is 0 Å². The molecule has 1 saturated carbocycles. The Morgan fingerprint density at radius 1 is 0.818 bits per heavy atom. The lowest BCUT2D eigenvalue weighted by molar-refractivity contribution is 0.0768. The molecular weight excluding hydrogens is 303 g/mol. The summed E-state index contributed by atoms with van der Waals surface area (Å²) in [4.78, 5) is 1.83. The SMILES string of the molecule is Fc1c(F)c(F)c([C@@H](C2CCC2)N2CCNCC2)c(F)c1F. The second-order valence-corrected chi connectivity index (χ2v) is 5.91. The van der Waals surface area contributed by atoms with Gasteiger partial charge >= 0.3 is 0 Å². The molecule has 0 amide bonds. The maximum atomic E-state index is 14.2. The van der Waals surface area contributed by atoms with E-state index in [1.165, 1.54) is 0 Å². The molecule has 1 aliphatic heterocycles. The number of piperazine rings is 1. The lowest BCUT2D eigenvalue weighted by atomic mass is 9.76. The van der Waals surface area contributed by atoms with Crippen molar-refractivity contribution in [1.82, 2.24) is 10.2 Å². The summed E-state index contributed by atoms with van der Waals surface area (Å²) in [5, 5.41) is 3.12. The highest BCUT2D eigenvalue weighted by Gasteiger charge is 2.39. The Hall–Kier alpha value is -1.21. The van der Waals surface area contributed by atoms with Gasteiger partial charge in [-0.05, 0) is 18.8 Å². The number of nitrogens with one attached hydrogen (secondary N) is 1. The zero-order valence-electron chi connectivity index (χ0n) is 11.9. The van der Waals surface area contributed by atoms with Gasteiger partial charge in [0.15, 0.2) is 23.3 Å². The van der Waals surface area contributed by atoms with E-state index in [0.29, 0.717) is 26.2 Å². The van der Waals surface area contributed by atoms with Crippen LogP contribution in [-0.2, 0) is 0 Å². The van der Waals surface area contributed by atoms with Crippen LogP contribution in [0.5, 0.6) is 0 Å². The minimum Gasteiger partial charge on any atom is -0.314 e. The maximum absolute atomic E-state index is 14.2. The summed E-state index contributed by atoms with van der Waals surface area (Å²) in [7, 11) is 0. The molecule has 1 aliphatic carbocycles. The second-order valence-electron chi connectivity index (χ2n) is 5.91. The molecule has 1 atom stereocenters. The molecule has 1 heterocycles. The van der Waals surface area contributed by atoms with E-state index in [0.717, 1.165) is 19.3 Å². The largest absolute Gasteiger partial charge is 0.314 e. The smallest absolute Gasteiger partial charge is 0.200 e. The van der Waals surface area contributed by atoms with Crippen molar-refractivity contribution in [3.63, 3.8) is 0 Å². The Balaban J connectivity index is 2.07. The van der Waals surface area contributed by atoms with Crippen molar-refractivity contribution in [3.8, 4) is 0 Å². The first-order valence-corrected chi connectivity index (χ1v) is 7.48. The molecule has 0 aromatic heterocycles. The van der Waals surface area contributed by atoms with Gasteiger partial charge in [-0.1, -0.05) is 6.42 Å². The molecule has 3 rings (SSSR count). The fourth-order valence-corrected chi connectivity index (χ4v) is 3.31. The molecule has 2 aliphatic rings. The normalized spacial score (nSPS) is 21.7. The maximum Gasteiger partial charge on any atom is 0.200 e. The molecule has 122 valence electrons. The summed E-state index contributed by atoms with van der Waals surface area (Å²) < 4.78 is 68.6. The molecule has 1 saturated heterocycles. The van der Waals surface area contributed by atoms with Gasteiger partial charge < -0.3 is 5.32 Å². The topological polar surface area (TPSA) is 15.3 Å². The highest BCUT2D eigenvalue weighted by molar-refractivity contribution is 5.28. The van der Waals surface area contributed by atoms with Crippen LogP contribution in [-0.4, -0.2) is 31.1 Å². The fraction of sp³-hybridized carbons (Fsp3) is 0.600. The van der Waals surface area contributed by atoms with Crippen LogP contribution in [0.25, 0.3) is 0 Å². The molecule has 1 aromatic rings. The molecule has 0 bridgehead atoms. The van der Waals surface area contributed by atoms with Gasteiger partial charge in [-0.25, -0.2) is 22.0 Å². The first-order chi connectivity index (χ1) is 10.5. The molecule has 22 heavy (non-hydrogen) atoms. The predicted molar refractivity (Wildman–Crippen MR) is 70.8 cm³/mol. The highest BCUT2D eigenvalue weighted by atomic mass is 19.2. The first-order valence-electron chi connectivity index (χ1n) is 7.48. The molecule has 0 spiro atoms. The van der Waals surface area contributed by atoms with E-state index in [1.54, 1.807) is 0 Å². The Morgan fingerprint density at radius 2 is 1.32 bits per heavy atom. The number of hydrogen-bond donors (Lipinski definition) is 1. The van der Waals surface area contributed by atoms with Crippen LogP contribution >= 0.6 is 0 Å². The predicted octanol–water partition coefficient (Wildman–Crippen LogP) is 3.13. The van der Waals surface area contributed by atoms with Gasteiger partial charge in [0, 0.05) is 37.8 Å². The molecule has 2 fully saturated rings. The molecular formula is C15H17F5N2. The van der Waals surface area contributed by atoms with Crippen molar-refractivity contribution in [2.75, 3.05) is 26.2 Å². The van der Waals surface area contributed by atoms with Gasteiger partial charge in [-0.3, -0.25) is 4.90 Å². The Morgan fingerprint density at radius 3 is 1.77 bits per heavy atom.